The molecule has 2 aromatic carbocycles. The fourth-order valence-electron chi connectivity index (χ4n) is 4.54. The Morgan fingerprint density at radius 1 is 1.00 bits per heavy atom. The SMILES string of the molecule is CC(C#N)CN1CCN(C(C)(C)C)C([SiH](c2ccccc2)c2ccccc2)C1. The van der Waals surface area contributed by atoms with E-state index in [2.05, 4.69) is 97.3 Å². The Morgan fingerprint density at radius 3 is 2.00 bits per heavy atom. The molecule has 0 spiro atoms. The van der Waals surface area contributed by atoms with Crippen LogP contribution in [0.15, 0.2) is 60.7 Å². The molecule has 2 aromatic rings. The summed E-state index contributed by atoms with van der Waals surface area (Å²) in [7, 11) is -1.48. The molecule has 1 aliphatic heterocycles. The maximum absolute atomic E-state index is 9.30. The van der Waals surface area contributed by atoms with Crippen molar-refractivity contribution in [2.24, 2.45) is 5.92 Å². The van der Waals surface area contributed by atoms with Gasteiger partial charge in [-0.3, -0.25) is 9.80 Å². The summed E-state index contributed by atoms with van der Waals surface area (Å²) in [6, 6.07) is 24.6. The molecule has 1 aliphatic rings. The van der Waals surface area contributed by atoms with Crippen molar-refractivity contribution < 1.29 is 0 Å². The van der Waals surface area contributed by atoms with Crippen LogP contribution in [0.5, 0.6) is 0 Å². The standard InChI is InChI=1S/C24H33N3Si/c1-20(17-25)18-26-15-16-27(24(2,3)4)23(19-26)28(21-11-7-5-8-12-21)22-13-9-6-10-14-22/h5-14,20,23,28H,15-16,18-19H2,1-4H3. The minimum absolute atomic E-state index is 0.0791. The van der Waals surface area contributed by atoms with Gasteiger partial charge in [-0.25, -0.2) is 0 Å². The lowest BCUT2D eigenvalue weighted by Gasteiger charge is -2.50. The van der Waals surface area contributed by atoms with Gasteiger partial charge in [0.05, 0.1) is 12.0 Å². The highest BCUT2D eigenvalue weighted by molar-refractivity contribution is 6.86. The average molecular weight is 392 g/mol. The van der Waals surface area contributed by atoms with E-state index in [1.54, 1.807) is 0 Å². The minimum Gasteiger partial charge on any atom is -0.300 e. The highest BCUT2D eigenvalue weighted by Crippen LogP contribution is 2.23. The van der Waals surface area contributed by atoms with Crippen LogP contribution in [0, 0.1) is 17.2 Å². The Bertz CT molecular complexity index is 739. The van der Waals surface area contributed by atoms with Crippen LogP contribution >= 0.6 is 0 Å². The van der Waals surface area contributed by atoms with Crippen molar-refractivity contribution in [3.05, 3.63) is 60.7 Å². The Hall–Kier alpha value is -1.93. The summed E-state index contributed by atoms with van der Waals surface area (Å²) in [5.41, 5.74) is 0.635. The van der Waals surface area contributed by atoms with Gasteiger partial charge in [0.1, 0.15) is 8.80 Å². The normalized spacial score (nSPS) is 20.1. The number of hydrogen-bond donors (Lipinski definition) is 0. The van der Waals surface area contributed by atoms with Gasteiger partial charge in [0, 0.05) is 37.4 Å². The molecule has 0 aliphatic carbocycles. The van der Waals surface area contributed by atoms with E-state index in [9.17, 15) is 5.26 Å². The van der Waals surface area contributed by atoms with Crippen molar-refractivity contribution in [3.8, 4) is 6.07 Å². The number of benzene rings is 2. The zero-order valence-corrected chi connectivity index (χ0v) is 18.8. The average Bonchev–Trinajstić information content (AvgIpc) is 2.69. The fraction of sp³-hybridized carbons (Fsp3) is 0.458. The van der Waals surface area contributed by atoms with Gasteiger partial charge in [-0.2, -0.15) is 5.26 Å². The minimum atomic E-state index is -1.48. The highest BCUT2D eigenvalue weighted by atomic mass is 28.3. The molecule has 0 bridgehead atoms. The molecular weight excluding hydrogens is 358 g/mol. The van der Waals surface area contributed by atoms with E-state index in [1.165, 1.54) is 10.4 Å². The lowest BCUT2D eigenvalue weighted by atomic mass is 10.0. The molecule has 3 rings (SSSR count). The summed E-state index contributed by atoms with van der Waals surface area (Å²) in [6.45, 7) is 13.1. The van der Waals surface area contributed by atoms with Gasteiger partial charge in [0.15, 0.2) is 0 Å². The third-order valence-corrected chi connectivity index (χ3v) is 9.37. The molecule has 1 saturated heterocycles. The maximum Gasteiger partial charge on any atom is 0.122 e. The summed E-state index contributed by atoms with van der Waals surface area (Å²) in [5, 5.41) is 12.3. The quantitative estimate of drug-likeness (QED) is 0.734. The van der Waals surface area contributed by atoms with Crippen molar-refractivity contribution in [1.29, 1.82) is 5.26 Å². The maximum atomic E-state index is 9.30. The molecule has 0 N–H and O–H groups in total. The largest absolute Gasteiger partial charge is 0.300 e. The first kappa shape index (κ1) is 20.8. The Balaban J connectivity index is 2.01. The van der Waals surface area contributed by atoms with E-state index < -0.39 is 8.80 Å². The van der Waals surface area contributed by atoms with E-state index in [0.717, 1.165) is 26.2 Å². The molecule has 148 valence electrons. The van der Waals surface area contributed by atoms with Gasteiger partial charge in [-0.15, -0.1) is 0 Å². The number of nitriles is 1. The summed E-state index contributed by atoms with van der Waals surface area (Å²) in [4.78, 5) is 5.25. The van der Waals surface area contributed by atoms with E-state index in [4.69, 9.17) is 0 Å². The molecule has 1 fully saturated rings. The van der Waals surface area contributed by atoms with E-state index >= 15 is 0 Å². The Labute approximate surface area is 172 Å². The van der Waals surface area contributed by atoms with Crippen LogP contribution in [0.25, 0.3) is 0 Å². The van der Waals surface area contributed by atoms with Crippen LogP contribution < -0.4 is 10.4 Å². The first-order valence-corrected chi connectivity index (χ1v) is 12.2. The predicted octanol–water partition coefficient (Wildman–Crippen LogP) is 2.51. The zero-order valence-electron chi connectivity index (χ0n) is 17.7. The first-order chi connectivity index (χ1) is 13.4. The van der Waals surface area contributed by atoms with Crippen molar-refractivity contribution >= 4 is 19.2 Å². The second-order valence-corrected chi connectivity index (χ2v) is 12.1. The van der Waals surface area contributed by atoms with Crippen molar-refractivity contribution in [1.82, 2.24) is 9.80 Å². The molecule has 28 heavy (non-hydrogen) atoms. The molecule has 0 amide bonds. The van der Waals surface area contributed by atoms with Crippen molar-refractivity contribution in [3.63, 3.8) is 0 Å². The smallest absolute Gasteiger partial charge is 0.122 e. The van der Waals surface area contributed by atoms with Gasteiger partial charge in [-0.05, 0) is 27.7 Å². The van der Waals surface area contributed by atoms with Crippen molar-refractivity contribution in [2.75, 3.05) is 26.2 Å². The third-order valence-electron chi connectivity index (χ3n) is 5.82. The Kier molecular flexibility index (Phi) is 6.72. The van der Waals surface area contributed by atoms with Crippen LogP contribution in [0.4, 0.5) is 0 Å². The van der Waals surface area contributed by atoms with Crippen LogP contribution in [-0.2, 0) is 0 Å². The third kappa shape index (κ3) is 4.91. The van der Waals surface area contributed by atoms with Crippen LogP contribution in [0.1, 0.15) is 27.7 Å². The first-order valence-electron chi connectivity index (χ1n) is 10.4. The molecule has 0 radical (unpaired) electrons. The summed E-state index contributed by atoms with van der Waals surface area (Å²) in [6.07, 6.45) is 0. The van der Waals surface area contributed by atoms with Gasteiger partial charge in [-0.1, -0.05) is 71.0 Å². The van der Waals surface area contributed by atoms with Gasteiger partial charge in [0.2, 0.25) is 0 Å². The molecular formula is C24H33N3Si. The summed E-state index contributed by atoms with van der Waals surface area (Å²) in [5.74, 6) is 0.0791. The lowest BCUT2D eigenvalue weighted by Crippen LogP contribution is -2.69. The molecule has 2 atom stereocenters. The number of rotatable bonds is 5. The van der Waals surface area contributed by atoms with Crippen LogP contribution in [0.3, 0.4) is 0 Å². The van der Waals surface area contributed by atoms with Crippen molar-refractivity contribution in [2.45, 2.75) is 38.9 Å². The van der Waals surface area contributed by atoms with Crippen LogP contribution in [-0.4, -0.2) is 56.0 Å². The molecule has 0 aromatic heterocycles. The van der Waals surface area contributed by atoms with Gasteiger partial charge < -0.3 is 0 Å². The highest BCUT2D eigenvalue weighted by Gasteiger charge is 2.40. The monoisotopic (exact) mass is 391 g/mol. The van der Waals surface area contributed by atoms with Crippen LogP contribution in [0.2, 0.25) is 0 Å². The second-order valence-electron chi connectivity index (χ2n) is 9.02. The number of hydrogen-bond acceptors (Lipinski definition) is 3. The lowest BCUT2D eigenvalue weighted by molar-refractivity contribution is 0.0389. The molecule has 0 saturated carbocycles. The second kappa shape index (κ2) is 9.04. The summed E-state index contributed by atoms with van der Waals surface area (Å²) < 4.78 is 0. The molecule has 2 unspecified atom stereocenters. The van der Waals surface area contributed by atoms with E-state index in [1.807, 2.05) is 6.92 Å². The molecule has 4 heteroatoms. The van der Waals surface area contributed by atoms with Gasteiger partial charge >= 0.3 is 0 Å². The predicted molar refractivity (Wildman–Crippen MR) is 121 cm³/mol. The molecule has 1 heterocycles. The topological polar surface area (TPSA) is 30.3 Å². The van der Waals surface area contributed by atoms with E-state index in [0.29, 0.717) is 5.67 Å². The van der Waals surface area contributed by atoms with E-state index in [-0.39, 0.29) is 11.5 Å². The van der Waals surface area contributed by atoms with Gasteiger partial charge in [0.25, 0.3) is 0 Å². The number of piperazine rings is 1. The molecule has 3 nitrogen and oxygen atoms in total. The summed E-state index contributed by atoms with van der Waals surface area (Å²) >= 11 is 0. The fourth-order valence-corrected chi connectivity index (χ4v) is 8.55. The number of nitrogens with zero attached hydrogens (tertiary/aromatic N) is 3. The zero-order chi connectivity index (χ0) is 20.1. The Morgan fingerprint density at radius 2 is 1.54 bits per heavy atom.